The van der Waals surface area contributed by atoms with Crippen LogP contribution in [0.25, 0.3) is 0 Å². The summed E-state index contributed by atoms with van der Waals surface area (Å²) >= 11 is 0. The number of nitrogens with zero attached hydrogens (tertiary/aromatic N) is 1. The third-order valence-corrected chi connectivity index (χ3v) is 3.70. The van der Waals surface area contributed by atoms with Gasteiger partial charge in [-0.25, -0.2) is 0 Å². The first kappa shape index (κ1) is 13.5. The van der Waals surface area contributed by atoms with Gasteiger partial charge in [0.1, 0.15) is 12.4 Å². The molecule has 0 radical (unpaired) electrons. The van der Waals surface area contributed by atoms with Gasteiger partial charge >= 0.3 is 0 Å². The van der Waals surface area contributed by atoms with Gasteiger partial charge in [0.25, 0.3) is 5.91 Å². The molecular weight excluding hydrogens is 264 g/mol. The number of hydrogen-bond donors (Lipinski definition) is 1. The van der Waals surface area contributed by atoms with Crippen LogP contribution in [0.3, 0.4) is 0 Å². The van der Waals surface area contributed by atoms with Crippen LogP contribution >= 0.6 is 0 Å². The number of ether oxygens (including phenoxy) is 1. The predicted molar refractivity (Wildman–Crippen MR) is 84.3 cm³/mol. The molecule has 0 spiro atoms. The molecular formula is C17H18N2O2. The van der Waals surface area contributed by atoms with Gasteiger partial charge in [0, 0.05) is 18.3 Å². The van der Waals surface area contributed by atoms with Crippen molar-refractivity contribution in [3.63, 3.8) is 0 Å². The van der Waals surface area contributed by atoms with Gasteiger partial charge in [-0.15, -0.1) is 0 Å². The van der Waals surface area contributed by atoms with Gasteiger partial charge in [-0.2, -0.15) is 0 Å². The molecule has 3 rings (SSSR count). The van der Waals surface area contributed by atoms with Crippen molar-refractivity contribution in [3.05, 3.63) is 53.6 Å². The van der Waals surface area contributed by atoms with E-state index in [9.17, 15) is 4.79 Å². The van der Waals surface area contributed by atoms with Crippen LogP contribution in [0.15, 0.2) is 42.5 Å². The largest absolute Gasteiger partial charge is 0.490 e. The van der Waals surface area contributed by atoms with E-state index < -0.39 is 0 Å². The number of aryl methyl sites for hydroxylation is 1. The summed E-state index contributed by atoms with van der Waals surface area (Å²) in [5, 5.41) is 2.95. The zero-order valence-electron chi connectivity index (χ0n) is 12.2. The lowest BCUT2D eigenvalue weighted by Gasteiger charge is -2.28. The summed E-state index contributed by atoms with van der Waals surface area (Å²) in [6, 6.07) is 13.3. The second-order valence-corrected chi connectivity index (χ2v) is 5.22. The highest BCUT2D eigenvalue weighted by Crippen LogP contribution is 2.33. The van der Waals surface area contributed by atoms with Gasteiger partial charge < -0.3 is 15.0 Å². The molecule has 0 saturated heterocycles. The highest BCUT2D eigenvalue weighted by molar-refractivity contribution is 6.05. The van der Waals surface area contributed by atoms with Gasteiger partial charge in [0.05, 0.1) is 12.2 Å². The number of rotatable bonds is 2. The summed E-state index contributed by atoms with van der Waals surface area (Å²) in [7, 11) is 2.02. The smallest absolute Gasteiger partial charge is 0.255 e. The molecule has 0 saturated carbocycles. The van der Waals surface area contributed by atoms with Crippen molar-refractivity contribution in [2.24, 2.45) is 0 Å². The molecule has 0 aromatic heterocycles. The van der Waals surface area contributed by atoms with Gasteiger partial charge in [-0.05, 0) is 36.8 Å². The molecule has 108 valence electrons. The Labute approximate surface area is 124 Å². The molecule has 1 heterocycles. The third-order valence-electron chi connectivity index (χ3n) is 3.70. The molecule has 1 amide bonds. The second kappa shape index (κ2) is 5.48. The van der Waals surface area contributed by atoms with E-state index >= 15 is 0 Å². The molecule has 2 aromatic rings. The third kappa shape index (κ3) is 2.70. The van der Waals surface area contributed by atoms with Crippen LogP contribution in [0.2, 0.25) is 0 Å². The maximum absolute atomic E-state index is 12.3. The van der Waals surface area contributed by atoms with Crippen LogP contribution in [0, 0.1) is 6.92 Å². The minimum atomic E-state index is -0.0903. The molecule has 0 unspecified atom stereocenters. The molecule has 0 bridgehead atoms. The van der Waals surface area contributed by atoms with E-state index in [2.05, 4.69) is 10.2 Å². The molecule has 4 heteroatoms. The first-order chi connectivity index (χ1) is 10.1. The first-order valence-electron chi connectivity index (χ1n) is 7.00. The Morgan fingerprint density at radius 1 is 1.24 bits per heavy atom. The van der Waals surface area contributed by atoms with Gasteiger partial charge in [-0.3, -0.25) is 4.79 Å². The zero-order valence-corrected chi connectivity index (χ0v) is 12.2. The Morgan fingerprint density at radius 3 is 2.86 bits per heavy atom. The SMILES string of the molecule is Cc1ccccc1C(=O)Nc1ccc2c(c1)N(C)CCO2. The summed E-state index contributed by atoms with van der Waals surface area (Å²) in [6.07, 6.45) is 0. The van der Waals surface area contributed by atoms with Crippen molar-refractivity contribution in [1.82, 2.24) is 0 Å². The number of carbonyl (C=O) groups is 1. The number of fused-ring (bicyclic) bond motifs is 1. The van der Waals surface area contributed by atoms with Crippen LogP contribution in [-0.2, 0) is 0 Å². The zero-order chi connectivity index (χ0) is 14.8. The number of amides is 1. The van der Waals surface area contributed by atoms with E-state index in [1.165, 1.54) is 0 Å². The van der Waals surface area contributed by atoms with Crippen LogP contribution in [-0.4, -0.2) is 26.1 Å². The Kier molecular flexibility index (Phi) is 3.52. The Morgan fingerprint density at radius 2 is 2.05 bits per heavy atom. The number of hydrogen-bond acceptors (Lipinski definition) is 3. The molecule has 0 fully saturated rings. The minimum absolute atomic E-state index is 0.0903. The fourth-order valence-corrected chi connectivity index (χ4v) is 2.45. The van der Waals surface area contributed by atoms with Crippen molar-refractivity contribution >= 4 is 17.3 Å². The fourth-order valence-electron chi connectivity index (χ4n) is 2.45. The normalized spacial score (nSPS) is 13.3. The topological polar surface area (TPSA) is 41.6 Å². The van der Waals surface area contributed by atoms with E-state index in [0.717, 1.165) is 29.2 Å². The lowest BCUT2D eigenvalue weighted by Crippen LogP contribution is -2.28. The number of benzene rings is 2. The lowest BCUT2D eigenvalue weighted by atomic mass is 10.1. The summed E-state index contributed by atoms with van der Waals surface area (Å²) < 4.78 is 5.60. The van der Waals surface area contributed by atoms with E-state index in [1.807, 2.05) is 56.4 Å². The number of nitrogens with one attached hydrogen (secondary N) is 1. The number of anilines is 2. The molecule has 0 atom stereocenters. The number of carbonyl (C=O) groups excluding carboxylic acids is 1. The predicted octanol–water partition coefficient (Wildman–Crippen LogP) is 3.08. The van der Waals surface area contributed by atoms with Crippen LogP contribution in [0.4, 0.5) is 11.4 Å². The van der Waals surface area contributed by atoms with Crippen LogP contribution < -0.4 is 15.0 Å². The van der Waals surface area contributed by atoms with Gasteiger partial charge in [0.15, 0.2) is 0 Å². The van der Waals surface area contributed by atoms with Crippen LogP contribution in [0.1, 0.15) is 15.9 Å². The molecule has 21 heavy (non-hydrogen) atoms. The average molecular weight is 282 g/mol. The molecule has 1 N–H and O–H groups in total. The van der Waals surface area contributed by atoms with Crippen molar-refractivity contribution in [1.29, 1.82) is 0 Å². The number of likely N-dealkylation sites (N-methyl/N-ethyl adjacent to an activating group) is 1. The maximum Gasteiger partial charge on any atom is 0.255 e. The molecule has 2 aromatic carbocycles. The van der Waals surface area contributed by atoms with Crippen LogP contribution in [0.5, 0.6) is 5.75 Å². The summed E-state index contributed by atoms with van der Waals surface area (Å²) in [4.78, 5) is 14.5. The summed E-state index contributed by atoms with van der Waals surface area (Å²) in [6.45, 7) is 3.48. The standard InChI is InChI=1S/C17H18N2O2/c1-12-5-3-4-6-14(12)17(20)18-13-7-8-16-15(11-13)19(2)9-10-21-16/h3-8,11H,9-10H2,1-2H3,(H,18,20). The highest BCUT2D eigenvalue weighted by Gasteiger charge is 2.16. The lowest BCUT2D eigenvalue weighted by molar-refractivity contribution is 0.102. The second-order valence-electron chi connectivity index (χ2n) is 5.22. The Bertz CT molecular complexity index is 682. The van der Waals surface area contributed by atoms with Crippen molar-refractivity contribution in [2.45, 2.75) is 6.92 Å². The van der Waals surface area contributed by atoms with Crippen molar-refractivity contribution < 1.29 is 9.53 Å². The Balaban J connectivity index is 1.84. The minimum Gasteiger partial charge on any atom is -0.490 e. The monoisotopic (exact) mass is 282 g/mol. The molecule has 4 nitrogen and oxygen atoms in total. The summed E-state index contributed by atoms with van der Waals surface area (Å²) in [5.41, 5.74) is 3.44. The molecule has 1 aliphatic heterocycles. The fraction of sp³-hybridized carbons (Fsp3) is 0.235. The maximum atomic E-state index is 12.3. The van der Waals surface area contributed by atoms with Gasteiger partial charge in [-0.1, -0.05) is 18.2 Å². The van der Waals surface area contributed by atoms with E-state index in [1.54, 1.807) is 0 Å². The highest BCUT2D eigenvalue weighted by atomic mass is 16.5. The Hall–Kier alpha value is -2.49. The quantitative estimate of drug-likeness (QED) is 0.920. The van der Waals surface area contributed by atoms with Crippen molar-refractivity contribution in [3.8, 4) is 5.75 Å². The van der Waals surface area contributed by atoms with E-state index in [0.29, 0.717) is 12.2 Å². The summed E-state index contributed by atoms with van der Waals surface area (Å²) in [5.74, 6) is 0.769. The van der Waals surface area contributed by atoms with Crippen molar-refractivity contribution in [2.75, 3.05) is 30.4 Å². The first-order valence-corrected chi connectivity index (χ1v) is 7.00. The van der Waals surface area contributed by atoms with E-state index in [-0.39, 0.29) is 5.91 Å². The van der Waals surface area contributed by atoms with E-state index in [4.69, 9.17) is 4.74 Å². The molecule has 0 aliphatic carbocycles. The average Bonchev–Trinajstić information content (AvgIpc) is 2.48. The molecule has 1 aliphatic rings. The van der Waals surface area contributed by atoms with Gasteiger partial charge in [0.2, 0.25) is 0 Å².